The largest absolute Gasteiger partial charge is 0.362 e. The number of amides is 2. The number of aryl methyl sites for hydroxylation is 1. The molecule has 0 spiro atoms. The van der Waals surface area contributed by atoms with Crippen LogP contribution in [0, 0.1) is 6.92 Å². The molecule has 0 saturated carbocycles. The van der Waals surface area contributed by atoms with E-state index >= 15 is 0 Å². The number of benzene rings is 3. The summed E-state index contributed by atoms with van der Waals surface area (Å²) >= 11 is 0. The van der Waals surface area contributed by atoms with Crippen molar-refractivity contribution in [3.8, 4) is 0 Å². The molecule has 0 saturated heterocycles. The number of rotatable bonds is 7. The van der Waals surface area contributed by atoms with Gasteiger partial charge in [0, 0.05) is 18.8 Å². The van der Waals surface area contributed by atoms with Crippen LogP contribution in [-0.2, 0) is 27.8 Å². The lowest BCUT2D eigenvalue weighted by Gasteiger charge is -2.19. The van der Waals surface area contributed by atoms with E-state index in [0.29, 0.717) is 30.8 Å². The number of primary sulfonamides is 1. The molecule has 1 heterocycles. The van der Waals surface area contributed by atoms with Crippen LogP contribution in [0.25, 0.3) is 0 Å². The quantitative estimate of drug-likeness (QED) is 0.482. The molecule has 34 heavy (non-hydrogen) atoms. The van der Waals surface area contributed by atoms with Crippen molar-refractivity contribution < 1.29 is 18.0 Å². The molecule has 0 radical (unpaired) electrons. The smallest absolute Gasteiger partial charge is 0.253 e. The number of para-hydroxylation sites is 1. The minimum atomic E-state index is -3.78. The summed E-state index contributed by atoms with van der Waals surface area (Å²) in [5, 5.41) is 10.9. The van der Waals surface area contributed by atoms with E-state index in [-0.39, 0.29) is 23.3 Å². The van der Waals surface area contributed by atoms with Gasteiger partial charge in [0.2, 0.25) is 15.9 Å². The van der Waals surface area contributed by atoms with Crippen LogP contribution in [0.3, 0.4) is 0 Å². The number of carbonyl (C=O) groups excluding carboxylic acids is 2. The van der Waals surface area contributed by atoms with E-state index < -0.39 is 10.0 Å². The van der Waals surface area contributed by atoms with Crippen molar-refractivity contribution in [3.63, 3.8) is 0 Å². The molecule has 8 nitrogen and oxygen atoms in total. The molecule has 176 valence electrons. The molecule has 4 N–H and O–H groups in total. The van der Waals surface area contributed by atoms with Crippen molar-refractivity contribution in [1.29, 1.82) is 0 Å². The second-order valence-corrected chi connectivity index (χ2v) is 9.83. The second kappa shape index (κ2) is 9.66. The normalized spacial score (nSPS) is 12.8. The summed E-state index contributed by atoms with van der Waals surface area (Å²) in [4.78, 5) is 27.5. The van der Waals surface area contributed by atoms with E-state index in [9.17, 15) is 18.0 Å². The van der Waals surface area contributed by atoms with E-state index in [1.165, 1.54) is 6.07 Å². The number of nitrogens with zero attached hydrogens (tertiary/aromatic N) is 1. The molecule has 0 bridgehead atoms. The molecule has 3 aromatic carbocycles. The minimum absolute atomic E-state index is 0.0585. The fourth-order valence-electron chi connectivity index (χ4n) is 3.92. The monoisotopic (exact) mass is 478 g/mol. The molecule has 1 aliphatic heterocycles. The lowest BCUT2D eigenvalue weighted by Crippen LogP contribution is -2.32. The van der Waals surface area contributed by atoms with Crippen molar-refractivity contribution in [2.75, 3.05) is 23.3 Å². The van der Waals surface area contributed by atoms with Gasteiger partial charge in [-0.2, -0.15) is 0 Å². The first kappa shape index (κ1) is 23.5. The lowest BCUT2D eigenvalue weighted by molar-refractivity contribution is -0.115. The summed E-state index contributed by atoms with van der Waals surface area (Å²) < 4.78 is 23.2. The molecule has 0 fully saturated rings. The molecule has 4 rings (SSSR count). The van der Waals surface area contributed by atoms with Crippen LogP contribution in [0.4, 0.5) is 11.4 Å². The highest BCUT2D eigenvalue weighted by Gasteiger charge is 2.23. The Hall–Kier alpha value is -3.69. The first-order chi connectivity index (χ1) is 16.2. The van der Waals surface area contributed by atoms with E-state index in [1.807, 2.05) is 36.1 Å². The zero-order valence-corrected chi connectivity index (χ0v) is 19.6. The fourth-order valence-corrected chi connectivity index (χ4v) is 4.49. The number of carbonyl (C=O) groups is 2. The summed E-state index contributed by atoms with van der Waals surface area (Å²) in [5.41, 5.74) is 4.56. The van der Waals surface area contributed by atoms with E-state index in [1.54, 1.807) is 36.4 Å². The van der Waals surface area contributed by atoms with Gasteiger partial charge in [-0.1, -0.05) is 42.0 Å². The predicted molar refractivity (Wildman–Crippen MR) is 131 cm³/mol. The van der Waals surface area contributed by atoms with Crippen LogP contribution in [0.15, 0.2) is 71.6 Å². The van der Waals surface area contributed by atoms with Crippen molar-refractivity contribution >= 4 is 33.2 Å². The van der Waals surface area contributed by atoms with Gasteiger partial charge in [0.25, 0.3) is 5.91 Å². The van der Waals surface area contributed by atoms with Crippen LogP contribution in [-0.4, -0.2) is 33.3 Å². The van der Waals surface area contributed by atoms with Crippen molar-refractivity contribution in [2.24, 2.45) is 5.14 Å². The number of sulfonamides is 1. The van der Waals surface area contributed by atoms with Gasteiger partial charge in [-0.3, -0.25) is 9.59 Å². The molecule has 9 heteroatoms. The molecule has 3 aromatic rings. The van der Waals surface area contributed by atoms with Gasteiger partial charge in [-0.05, 0) is 54.8 Å². The lowest BCUT2D eigenvalue weighted by atomic mass is 10.1. The van der Waals surface area contributed by atoms with E-state index in [4.69, 9.17) is 5.14 Å². The summed E-state index contributed by atoms with van der Waals surface area (Å²) in [6.45, 7) is 3.03. The first-order valence-corrected chi connectivity index (χ1v) is 12.4. The Kier molecular flexibility index (Phi) is 6.67. The number of anilines is 2. The number of nitrogens with two attached hydrogens (primary N) is 1. The third-order valence-corrected chi connectivity index (χ3v) is 6.64. The molecule has 2 amide bonds. The highest BCUT2D eigenvalue weighted by molar-refractivity contribution is 7.89. The van der Waals surface area contributed by atoms with Gasteiger partial charge in [0.05, 0.1) is 22.7 Å². The van der Waals surface area contributed by atoms with E-state index in [0.717, 1.165) is 22.4 Å². The van der Waals surface area contributed by atoms with Gasteiger partial charge in [-0.15, -0.1) is 0 Å². The second-order valence-electron chi connectivity index (χ2n) is 8.27. The van der Waals surface area contributed by atoms with Crippen LogP contribution in [0.5, 0.6) is 0 Å². The van der Waals surface area contributed by atoms with Gasteiger partial charge >= 0.3 is 0 Å². The standard InChI is InChI=1S/C25H26N4O4S/c1-17-6-8-18(9-7-17)15-27-25(31)21-4-2-3-5-22(21)28-24(30)16-29-13-12-19-14-20(34(26,32)33)10-11-23(19)29/h2-11,14H,12-13,15-16H2,1H3,(H,27,31)(H,28,30)(H2,26,32,33). The van der Waals surface area contributed by atoms with Gasteiger partial charge in [-0.25, -0.2) is 13.6 Å². The SMILES string of the molecule is Cc1ccc(CNC(=O)c2ccccc2NC(=O)CN2CCc3cc(S(N)(=O)=O)ccc32)cc1. The fraction of sp³-hybridized carbons (Fsp3) is 0.200. The number of nitrogens with one attached hydrogen (secondary N) is 2. The van der Waals surface area contributed by atoms with Crippen LogP contribution < -0.4 is 20.7 Å². The maximum atomic E-state index is 12.8. The Labute approximate surface area is 198 Å². The highest BCUT2D eigenvalue weighted by Crippen LogP contribution is 2.29. The zero-order chi connectivity index (χ0) is 24.3. The molecule has 0 atom stereocenters. The summed E-state index contributed by atoms with van der Waals surface area (Å²) in [7, 11) is -3.78. The third kappa shape index (κ3) is 5.44. The Morgan fingerprint density at radius 2 is 1.76 bits per heavy atom. The van der Waals surface area contributed by atoms with Crippen molar-refractivity contribution in [3.05, 3.63) is 89.0 Å². The first-order valence-electron chi connectivity index (χ1n) is 10.8. The maximum absolute atomic E-state index is 12.8. The Bertz CT molecular complexity index is 1340. The van der Waals surface area contributed by atoms with Crippen LogP contribution in [0.2, 0.25) is 0 Å². The third-order valence-electron chi connectivity index (χ3n) is 5.73. The van der Waals surface area contributed by atoms with Crippen molar-refractivity contribution in [2.45, 2.75) is 24.8 Å². The average Bonchev–Trinajstić information content (AvgIpc) is 3.20. The Morgan fingerprint density at radius 1 is 1.03 bits per heavy atom. The maximum Gasteiger partial charge on any atom is 0.253 e. The zero-order valence-electron chi connectivity index (χ0n) is 18.7. The molecular formula is C25H26N4O4S. The van der Waals surface area contributed by atoms with Gasteiger partial charge in [0.15, 0.2) is 0 Å². The van der Waals surface area contributed by atoms with Crippen LogP contribution >= 0.6 is 0 Å². The van der Waals surface area contributed by atoms with Gasteiger partial charge in [0.1, 0.15) is 0 Å². The number of hydrogen-bond acceptors (Lipinski definition) is 5. The average molecular weight is 479 g/mol. The molecule has 1 aliphatic rings. The number of fused-ring (bicyclic) bond motifs is 1. The molecule has 0 aromatic heterocycles. The highest BCUT2D eigenvalue weighted by atomic mass is 32.2. The van der Waals surface area contributed by atoms with E-state index in [2.05, 4.69) is 10.6 Å². The summed E-state index contributed by atoms with van der Waals surface area (Å²) in [6, 6.07) is 19.4. The number of hydrogen-bond donors (Lipinski definition) is 3. The van der Waals surface area contributed by atoms with Crippen LogP contribution in [0.1, 0.15) is 27.0 Å². The molecular weight excluding hydrogens is 452 g/mol. The summed E-state index contributed by atoms with van der Waals surface area (Å²) in [5.74, 6) is -0.555. The van der Waals surface area contributed by atoms with Gasteiger partial charge < -0.3 is 15.5 Å². The topological polar surface area (TPSA) is 122 Å². The molecule has 0 unspecified atom stereocenters. The Balaban J connectivity index is 1.41. The Morgan fingerprint density at radius 3 is 2.50 bits per heavy atom. The molecule has 0 aliphatic carbocycles. The van der Waals surface area contributed by atoms with Crippen molar-refractivity contribution in [1.82, 2.24) is 5.32 Å². The minimum Gasteiger partial charge on any atom is -0.362 e. The summed E-state index contributed by atoms with van der Waals surface area (Å²) in [6.07, 6.45) is 0.615. The predicted octanol–water partition coefficient (Wildman–Crippen LogP) is 2.57.